The number of rotatable bonds is 2. The van der Waals surface area contributed by atoms with Crippen LogP contribution >= 0.6 is 0 Å². The quantitative estimate of drug-likeness (QED) is 0.826. The van der Waals surface area contributed by atoms with Crippen molar-refractivity contribution < 1.29 is 9.53 Å². The topological polar surface area (TPSA) is 68.2 Å². The number of nitrogens with zero attached hydrogens (tertiary/aromatic N) is 4. The first-order valence-corrected chi connectivity index (χ1v) is 6.85. The molecule has 2 aromatic rings. The molecule has 0 bridgehead atoms. The fourth-order valence-corrected chi connectivity index (χ4v) is 2.55. The molecule has 6 nitrogen and oxygen atoms in total. The van der Waals surface area contributed by atoms with Crippen molar-refractivity contribution in [3.63, 3.8) is 0 Å². The zero-order chi connectivity index (χ0) is 14.7. The highest BCUT2D eigenvalue weighted by molar-refractivity contribution is 5.93. The van der Waals surface area contributed by atoms with Crippen molar-refractivity contribution in [2.24, 2.45) is 0 Å². The van der Waals surface area contributed by atoms with Crippen LogP contribution in [0.5, 0.6) is 5.88 Å². The first-order valence-electron chi connectivity index (χ1n) is 6.85. The summed E-state index contributed by atoms with van der Waals surface area (Å²) in [6.07, 6.45) is 6.18. The molecule has 0 saturated heterocycles. The van der Waals surface area contributed by atoms with Gasteiger partial charge < -0.3 is 9.64 Å². The Morgan fingerprint density at radius 2 is 2.14 bits per heavy atom. The summed E-state index contributed by atoms with van der Waals surface area (Å²) in [5, 5.41) is 0. The lowest BCUT2D eigenvalue weighted by Crippen LogP contribution is -2.33. The molecule has 0 fully saturated rings. The van der Waals surface area contributed by atoms with Gasteiger partial charge in [-0.1, -0.05) is 0 Å². The summed E-state index contributed by atoms with van der Waals surface area (Å²) in [7, 11) is 1.60. The van der Waals surface area contributed by atoms with Gasteiger partial charge in [0.05, 0.1) is 18.4 Å². The molecule has 3 rings (SSSR count). The van der Waals surface area contributed by atoms with Gasteiger partial charge in [-0.2, -0.15) is 0 Å². The normalized spacial score (nSPS) is 14.2. The van der Waals surface area contributed by atoms with Gasteiger partial charge in [0.15, 0.2) is 0 Å². The molecule has 21 heavy (non-hydrogen) atoms. The van der Waals surface area contributed by atoms with Crippen molar-refractivity contribution in [3.05, 3.63) is 47.7 Å². The number of aromatic nitrogens is 3. The molecule has 1 amide bonds. The molecule has 3 heterocycles. The van der Waals surface area contributed by atoms with Gasteiger partial charge in [0.1, 0.15) is 6.33 Å². The largest absolute Gasteiger partial charge is 0.481 e. The molecular formula is C15H16N4O2. The molecule has 0 N–H and O–H groups in total. The van der Waals surface area contributed by atoms with E-state index in [1.165, 1.54) is 6.33 Å². The van der Waals surface area contributed by atoms with Crippen molar-refractivity contribution >= 4 is 5.91 Å². The summed E-state index contributed by atoms with van der Waals surface area (Å²) >= 11 is 0. The summed E-state index contributed by atoms with van der Waals surface area (Å²) < 4.78 is 5.28. The summed E-state index contributed by atoms with van der Waals surface area (Å²) in [5.41, 5.74) is 2.58. The minimum atomic E-state index is 0.00262. The number of hydrogen-bond acceptors (Lipinski definition) is 5. The van der Waals surface area contributed by atoms with Gasteiger partial charge in [-0.3, -0.25) is 9.78 Å². The zero-order valence-electron chi connectivity index (χ0n) is 11.8. The second kappa shape index (κ2) is 5.87. The Balaban J connectivity index is 1.80. The third-order valence-electron chi connectivity index (χ3n) is 3.63. The maximum Gasteiger partial charge on any atom is 0.255 e. The van der Waals surface area contributed by atoms with Gasteiger partial charge in [0.2, 0.25) is 5.88 Å². The first-order chi connectivity index (χ1) is 10.3. The van der Waals surface area contributed by atoms with E-state index in [4.69, 9.17) is 4.74 Å². The van der Waals surface area contributed by atoms with Crippen LogP contribution in [-0.2, 0) is 12.8 Å². The Morgan fingerprint density at radius 1 is 1.29 bits per heavy atom. The van der Waals surface area contributed by atoms with E-state index in [0.717, 1.165) is 11.3 Å². The van der Waals surface area contributed by atoms with Gasteiger partial charge in [0.25, 0.3) is 5.91 Å². The van der Waals surface area contributed by atoms with E-state index >= 15 is 0 Å². The average Bonchev–Trinajstić information content (AvgIpc) is 2.77. The van der Waals surface area contributed by atoms with Crippen molar-refractivity contribution in [1.82, 2.24) is 19.9 Å². The van der Waals surface area contributed by atoms with Crippen molar-refractivity contribution in [2.75, 3.05) is 20.2 Å². The Morgan fingerprint density at radius 3 is 2.90 bits per heavy atom. The Bertz CT molecular complexity index is 645. The monoisotopic (exact) mass is 284 g/mol. The molecule has 0 spiro atoms. The van der Waals surface area contributed by atoms with Crippen molar-refractivity contribution in [3.8, 4) is 5.88 Å². The van der Waals surface area contributed by atoms with Gasteiger partial charge in [0, 0.05) is 37.5 Å². The van der Waals surface area contributed by atoms with Gasteiger partial charge in [-0.15, -0.1) is 0 Å². The third-order valence-corrected chi connectivity index (χ3v) is 3.63. The third kappa shape index (κ3) is 2.69. The smallest absolute Gasteiger partial charge is 0.255 e. The van der Waals surface area contributed by atoms with Crippen LogP contribution in [0, 0.1) is 0 Å². The molecule has 0 radical (unpaired) electrons. The van der Waals surface area contributed by atoms with Crippen LogP contribution in [0.4, 0.5) is 0 Å². The van der Waals surface area contributed by atoms with Crippen molar-refractivity contribution in [1.29, 1.82) is 0 Å². The minimum Gasteiger partial charge on any atom is -0.481 e. The van der Waals surface area contributed by atoms with E-state index in [0.29, 0.717) is 37.4 Å². The Labute approximate surface area is 122 Å². The lowest BCUT2D eigenvalue weighted by atomic mass is 10.1. The van der Waals surface area contributed by atoms with E-state index in [9.17, 15) is 4.79 Å². The summed E-state index contributed by atoms with van der Waals surface area (Å²) in [6, 6.07) is 3.56. The molecule has 0 saturated carbocycles. The Hall–Kier alpha value is -2.50. The summed E-state index contributed by atoms with van der Waals surface area (Å²) in [5.74, 6) is 0.610. The second-order valence-corrected chi connectivity index (χ2v) is 4.84. The molecule has 108 valence electrons. The zero-order valence-corrected chi connectivity index (χ0v) is 11.8. The highest BCUT2D eigenvalue weighted by atomic mass is 16.5. The molecule has 6 heteroatoms. The fraction of sp³-hybridized carbons (Fsp3) is 0.333. The first kappa shape index (κ1) is 13.5. The SMILES string of the molecule is COc1ncnc2c1CCN(C(=O)c1cccnc1)CC2. The Kier molecular flexibility index (Phi) is 3.77. The maximum atomic E-state index is 12.5. The van der Waals surface area contributed by atoms with Gasteiger partial charge in [-0.05, 0) is 18.6 Å². The van der Waals surface area contributed by atoms with Crippen LogP contribution in [0.3, 0.4) is 0 Å². The number of ether oxygens (including phenoxy) is 1. The van der Waals surface area contributed by atoms with E-state index in [1.807, 2.05) is 4.90 Å². The minimum absolute atomic E-state index is 0.00262. The number of fused-ring (bicyclic) bond motifs is 1. The predicted octanol–water partition coefficient (Wildman–Crippen LogP) is 1.12. The lowest BCUT2D eigenvalue weighted by Gasteiger charge is -2.19. The molecule has 0 aromatic carbocycles. The maximum absolute atomic E-state index is 12.5. The number of carbonyl (C=O) groups is 1. The molecule has 1 aliphatic heterocycles. The molecule has 0 atom stereocenters. The second-order valence-electron chi connectivity index (χ2n) is 4.84. The van der Waals surface area contributed by atoms with Crippen LogP contribution in [0.1, 0.15) is 21.6 Å². The predicted molar refractivity (Wildman–Crippen MR) is 76.1 cm³/mol. The molecule has 0 unspecified atom stereocenters. The van der Waals surface area contributed by atoms with Crippen LogP contribution in [-0.4, -0.2) is 46.0 Å². The number of carbonyl (C=O) groups excluding carboxylic acids is 1. The van der Waals surface area contributed by atoms with Crippen LogP contribution in [0.15, 0.2) is 30.9 Å². The number of pyridine rings is 1. The van der Waals surface area contributed by atoms with Crippen LogP contribution in [0.2, 0.25) is 0 Å². The standard InChI is InChI=1S/C15H16N4O2/c1-21-14-12-4-7-19(8-5-13(12)17-10-18-14)15(20)11-3-2-6-16-9-11/h2-3,6,9-10H,4-5,7-8H2,1H3. The molecule has 1 aliphatic rings. The molecular weight excluding hydrogens is 268 g/mol. The van der Waals surface area contributed by atoms with Gasteiger partial charge >= 0.3 is 0 Å². The van der Waals surface area contributed by atoms with E-state index in [2.05, 4.69) is 15.0 Å². The number of hydrogen-bond donors (Lipinski definition) is 0. The number of amides is 1. The number of methoxy groups -OCH3 is 1. The summed E-state index contributed by atoms with van der Waals surface area (Å²) in [4.78, 5) is 26.8. The van der Waals surface area contributed by atoms with Crippen molar-refractivity contribution in [2.45, 2.75) is 12.8 Å². The lowest BCUT2D eigenvalue weighted by molar-refractivity contribution is 0.0762. The van der Waals surface area contributed by atoms with Crippen LogP contribution < -0.4 is 4.74 Å². The highest BCUT2D eigenvalue weighted by Gasteiger charge is 2.22. The fourth-order valence-electron chi connectivity index (χ4n) is 2.55. The summed E-state index contributed by atoms with van der Waals surface area (Å²) in [6.45, 7) is 1.27. The van der Waals surface area contributed by atoms with E-state index in [1.54, 1.807) is 31.6 Å². The van der Waals surface area contributed by atoms with Crippen LogP contribution in [0.25, 0.3) is 0 Å². The van der Waals surface area contributed by atoms with E-state index < -0.39 is 0 Å². The molecule has 0 aliphatic carbocycles. The van der Waals surface area contributed by atoms with Gasteiger partial charge in [-0.25, -0.2) is 9.97 Å². The highest BCUT2D eigenvalue weighted by Crippen LogP contribution is 2.22. The average molecular weight is 284 g/mol. The molecule has 2 aromatic heterocycles. The van der Waals surface area contributed by atoms with E-state index in [-0.39, 0.29) is 5.91 Å².